The number of ether oxygens (including phenoxy) is 2. The van der Waals surface area contributed by atoms with Crippen molar-refractivity contribution in [3.05, 3.63) is 59.2 Å². The minimum absolute atomic E-state index is 0.0498. The lowest BCUT2D eigenvalue weighted by atomic mass is 10.00. The molecule has 1 unspecified atom stereocenters. The van der Waals surface area contributed by atoms with Crippen LogP contribution in [0.15, 0.2) is 42.5 Å². The number of amides is 1. The van der Waals surface area contributed by atoms with Crippen molar-refractivity contribution < 1.29 is 14.3 Å². The Balaban J connectivity index is 1.19. The van der Waals surface area contributed by atoms with E-state index in [1.807, 2.05) is 30.0 Å². The van der Waals surface area contributed by atoms with Gasteiger partial charge in [-0.05, 0) is 69.0 Å². The summed E-state index contributed by atoms with van der Waals surface area (Å²) in [7, 11) is 0. The highest BCUT2D eigenvalue weighted by Gasteiger charge is 2.28. The molecular formula is C27H35N3O3. The lowest BCUT2D eigenvalue weighted by Crippen LogP contribution is -2.38. The number of hydrogen-bond donors (Lipinski definition) is 1. The Morgan fingerprint density at radius 3 is 2.76 bits per heavy atom. The normalized spacial score (nSPS) is 21.7. The molecule has 1 fully saturated rings. The Bertz CT molecular complexity index is 973. The van der Waals surface area contributed by atoms with Crippen LogP contribution in [0.25, 0.3) is 0 Å². The molecule has 6 nitrogen and oxygen atoms in total. The lowest BCUT2D eigenvalue weighted by molar-refractivity contribution is 0.0711. The largest absolute Gasteiger partial charge is 0.490 e. The molecule has 3 aliphatic rings. The van der Waals surface area contributed by atoms with E-state index in [1.165, 1.54) is 11.1 Å². The molecule has 1 N–H and O–H groups in total. The van der Waals surface area contributed by atoms with Crippen molar-refractivity contribution in [2.45, 2.75) is 51.4 Å². The summed E-state index contributed by atoms with van der Waals surface area (Å²) in [5, 5.41) is 3.36. The van der Waals surface area contributed by atoms with E-state index in [0.29, 0.717) is 17.9 Å². The highest BCUT2D eigenvalue weighted by atomic mass is 16.5. The van der Waals surface area contributed by atoms with Gasteiger partial charge < -0.3 is 19.7 Å². The average Bonchev–Trinajstić information content (AvgIpc) is 2.95. The summed E-state index contributed by atoms with van der Waals surface area (Å²) in [6.45, 7) is 8.47. The number of carbonyl (C=O) groups is 1. The van der Waals surface area contributed by atoms with Gasteiger partial charge in [0.25, 0.3) is 5.91 Å². The van der Waals surface area contributed by atoms with Gasteiger partial charge in [0.05, 0.1) is 12.1 Å². The van der Waals surface area contributed by atoms with Crippen molar-refractivity contribution in [2.24, 2.45) is 0 Å². The van der Waals surface area contributed by atoms with Crippen LogP contribution in [0.5, 0.6) is 11.5 Å². The fourth-order valence-corrected chi connectivity index (χ4v) is 5.20. The smallest absolute Gasteiger partial charge is 0.257 e. The molecule has 0 saturated carbocycles. The summed E-state index contributed by atoms with van der Waals surface area (Å²) >= 11 is 0. The van der Waals surface area contributed by atoms with Crippen molar-refractivity contribution in [1.29, 1.82) is 0 Å². The molecule has 0 radical (unpaired) electrons. The summed E-state index contributed by atoms with van der Waals surface area (Å²) in [5.41, 5.74) is 3.56. The zero-order valence-corrected chi connectivity index (χ0v) is 19.6. The first kappa shape index (κ1) is 22.2. The van der Waals surface area contributed by atoms with E-state index in [1.54, 1.807) is 0 Å². The number of nitrogens with zero attached hydrogens (tertiary/aromatic N) is 2. The second kappa shape index (κ2) is 10.1. The molecule has 3 aliphatic heterocycles. The van der Waals surface area contributed by atoms with E-state index in [2.05, 4.69) is 34.5 Å². The average molecular weight is 450 g/mol. The van der Waals surface area contributed by atoms with E-state index >= 15 is 0 Å². The number of benzene rings is 2. The number of fused-ring (bicyclic) bond motifs is 2. The highest BCUT2D eigenvalue weighted by molar-refractivity contribution is 5.97. The van der Waals surface area contributed by atoms with Gasteiger partial charge in [-0.15, -0.1) is 0 Å². The molecule has 6 heteroatoms. The van der Waals surface area contributed by atoms with Crippen LogP contribution in [0, 0.1) is 0 Å². The van der Waals surface area contributed by atoms with Gasteiger partial charge in [0.2, 0.25) is 0 Å². The van der Waals surface area contributed by atoms with Crippen molar-refractivity contribution >= 4 is 5.91 Å². The number of nitrogens with one attached hydrogen (secondary N) is 1. The molecule has 1 amide bonds. The van der Waals surface area contributed by atoms with Crippen LogP contribution in [-0.2, 0) is 13.0 Å². The molecule has 2 aromatic carbocycles. The van der Waals surface area contributed by atoms with E-state index < -0.39 is 0 Å². The Labute approximate surface area is 196 Å². The summed E-state index contributed by atoms with van der Waals surface area (Å²) in [6, 6.07) is 14.4. The third kappa shape index (κ3) is 5.33. The van der Waals surface area contributed by atoms with Crippen LogP contribution in [-0.4, -0.2) is 67.2 Å². The number of rotatable bonds is 6. The first-order chi connectivity index (χ1) is 16.2. The quantitative estimate of drug-likeness (QED) is 0.732. The van der Waals surface area contributed by atoms with E-state index in [0.717, 1.165) is 70.7 Å². The Kier molecular flexibility index (Phi) is 6.83. The van der Waals surface area contributed by atoms with Crippen LogP contribution in [0.1, 0.15) is 47.7 Å². The van der Waals surface area contributed by atoms with Gasteiger partial charge in [-0.25, -0.2) is 0 Å². The first-order valence-electron chi connectivity index (χ1n) is 12.4. The standard InChI is InChI=1S/C27H35N3O3/c1-20-18-30(15-4-14-29-16-11-21-5-2-3-6-22(21)19-29)27(31)25-8-7-24(17-26(25)32-20)33-23-9-12-28-13-10-23/h2-3,5-8,17,20,23,28H,4,9-16,18-19H2,1H3. The van der Waals surface area contributed by atoms with Gasteiger partial charge in [0.15, 0.2) is 0 Å². The van der Waals surface area contributed by atoms with Crippen LogP contribution >= 0.6 is 0 Å². The second-order valence-corrected chi connectivity index (χ2v) is 9.55. The summed E-state index contributed by atoms with van der Waals surface area (Å²) in [6.07, 6.45) is 4.26. The van der Waals surface area contributed by atoms with Crippen molar-refractivity contribution in [1.82, 2.24) is 15.1 Å². The molecule has 0 aliphatic carbocycles. The van der Waals surface area contributed by atoms with Gasteiger partial charge in [0.1, 0.15) is 23.7 Å². The SMILES string of the molecule is CC1CN(CCCN2CCc3ccccc3C2)C(=O)c2ccc(OC3CCNCC3)cc2O1. The van der Waals surface area contributed by atoms with Crippen molar-refractivity contribution in [3.63, 3.8) is 0 Å². The fourth-order valence-electron chi connectivity index (χ4n) is 5.20. The predicted octanol–water partition coefficient (Wildman–Crippen LogP) is 3.49. The van der Waals surface area contributed by atoms with Gasteiger partial charge in [0, 0.05) is 32.2 Å². The van der Waals surface area contributed by atoms with Crippen LogP contribution in [0.2, 0.25) is 0 Å². The maximum atomic E-state index is 13.3. The Morgan fingerprint density at radius 1 is 1.09 bits per heavy atom. The molecule has 1 saturated heterocycles. The molecular weight excluding hydrogens is 414 g/mol. The van der Waals surface area contributed by atoms with Crippen LogP contribution in [0.4, 0.5) is 0 Å². The predicted molar refractivity (Wildman–Crippen MR) is 129 cm³/mol. The molecule has 0 aromatic heterocycles. The lowest BCUT2D eigenvalue weighted by Gasteiger charge is -2.30. The minimum atomic E-state index is -0.0498. The van der Waals surface area contributed by atoms with E-state index in [4.69, 9.17) is 9.47 Å². The molecule has 5 rings (SSSR count). The van der Waals surface area contributed by atoms with Crippen LogP contribution < -0.4 is 14.8 Å². The zero-order valence-electron chi connectivity index (χ0n) is 19.6. The molecule has 1 atom stereocenters. The maximum absolute atomic E-state index is 13.3. The van der Waals surface area contributed by atoms with Crippen molar-refractivity contribution in [3.8, 4) is 11.5 Å². The molecule has 0 bridgehead atoms. The fraction of sp³-hybridized carbons (Fsp3) is 0.519. The van der Waals surface area contributed by atoms with Crippen molar-refractivity contribution in [2.75, 3.05) is 39.3 Å². The van der Waals surface area contributed by atoms with Crippen LogP contribution in [0.3, 0.4) is 0 Å². The molecule has 2 aromatic rings. The zero-order chi connectivity index (χ0) is 22.6. The molecule has 3 heterocycles. The van der Waals surface area contributed by atoms with Gasteiger partial charge in [-0.2, -0.15) is 0 Å². The summed E-state index contributed by atoms with van der Waals surface area (Å²) in [4.78, 5) is 17.8. The summed E-state index contributed by atoms with van der Waals surface area (Å²) in [5.74, 6) is 1.50. The van der Waals surface area contributed by atoms with Gasteiger partial charge in [-0.1, -0.05) is 24.3 Å². The second-order valence-electron chi connectivity index (χ2n) is 9.55. The van der Waals surface area contributed by atoms with E-state index in [-0.39, 0.29) is 18.1 Å². The highest BCUT2D eigenvalue weighted by Crippen LogP contribution is 2.31. The third-order valence-electron chi connectivity index (χ3n) is 6.98. The Hall–Kier alpha value is -2.57. The maximum Gasteiger partial charge on any atom is 0.257 e. The van der Waals surface area contributed by atoms with E-state index in [9.17, 15) is 4.79 Å². The molecule has 0 spiro atoms. The summed E-state index contributed by atoms with van der Waals surface area (Å²) < 4.78 is 12.3. The Morgan fingerprint density at radius 2 is 1.91 bits per heavy atom. The van der Waals surface area contributed by atoms with Gasteiger partial charge >= 0.3 is 0 Å². The van der Waals surface area contributed by atoms with Gasteiger partial charge in [-0.3, -0.25) is 9.69 Å². The molecule has 33 heavy (non-hydrogen) atoms. The molecule has 176 valence electrons. The number of piperidine rings is 1. The monoisotopic (exact) mass is 449 g/mol. The number of carbonyl (C=O) groups excluding carboxylic acids is 1. The first-order valence-corrected chi connectivity index (χ1v) is 12.4. The minimum Gasteiger partial charge on any atom is -0.490 e. The number of hydrogen-bond acceptors (Lipinski definition) is 5. The third-order valence-corrected chi connectivity index (χ3v) is 6.98. The topological polar surface area (TPSA) is 54.0 Å².